The molecule has 0 spiro atoms. The van der Waals surface area contributed by atoms with Gasteiger partial charge in [0.2, 0.25) is 0 Å². The summed E-state index contributed by atoms with van der Waals surface area (Å²) in [5, 5.41) is 8.98. The minimum atomic E-state index is -1.00. The molecule has 1 aromatic carbocycles. The molecule has 0 unspecified atom stereocenters. The zero-order chi connectivity index (χ0) is 15.6. The van der Waals surface area contributed by atoms with Gasteiger partial charge in [0.25, 0.3) is 5.88 Å². The van der Waals surface area contributed by atoms with Crippen molar-refractivity contribution in [2.24, 2.45) is 0 Å². The van der Waals surface area contributed by atoms with Crippen molar-refractivity contribution in [3.05, 3.63) is 52.1 Å². The molecule has 6 heteroatoms. The van der Waals surface area contributed by atoms with Crippen LogP contribution in [0.2, 0.25) is 0 Å². The second-order valence-corrected chi connectivity index (χ2v) is 4.92. The third-order valence-electron chi connectivity index (χ3n) is 3.04. The van der Waals surface area contributed by atoms with E-state index >= 15 is 0 Å². The Bertz CT molecular complexity index is 735. The van der Waals surface area contributed by atoms with E-state index in [1.165, 1.54) is 22.9 Å². The lowest BCUT2D eigenvalue weighted by atomic mass is 10.1. The first-order valence-electron chi connectivity index (χ1n) is 6.49. The van der Waals surface area contributed by atoms with Gasteiger partial charge in [-0.2, -0.15) is 0 Å². The van der Waals surface area contributed by atoms with Gasteiger partial charge >= 0.3 is 11.5 Å². The van der Waals surface area contributed by atoms with Crippen molar-refractivity contribution in [1.82, 2.24) is 9.55 Å². The van der Waals surface area contributed by atoms with Gasteiger partial charge in [-0.15, -0.1) is 0 Å². The smallest absolute Gasteiger partial charge is 0.335 e. The summed E-state index contributed by atoms with van der Waals surface area (Å²) in [5.41, 5.74) is 0.426. The molecule has 0 atom stereocenters. The number of carboxylic acids is 1. The molecule has 2 rings (SSSR count). The highest BCUT2D eigenvalue weighted by Gasteiger charge is 2.12. The average Bonchev–Trinajstić information content (AvgIpc) is 2.40. The Kier molecular flexibility index (Phi) is 4.07. The Morgan fingerprint density at radius 2 is 2.10 bits per heavy atom. The molecule has 110 valence electrons. The lowest BCUT2D eigenvalue weighted by Gasteiger charge is -2.11. The minimum Gasteiger partial charge on any atom is -0.478 e. The van der Waals surface area contributed by atoms with Crippen molar-refractivity contribution in [1.29, 1.82) is 0 Å². The molecule has 0 saturated carbocycles. The number of hydrogen-bond donors (Lipinski definition) is 1. The summed E-state index contributed by atoms with van der Waals surface area (Å²) < 4.78 is 6.99. The fourth-order valence-corrected chi connectivity index (χ4v) is 1.93. The van der Waals surface area contributed by atoms with Crippen molar-refractivity contribution in [2.45, 2.75) is 26.8 Å². The molecular formula is C15H16N2O4. The molecule has 2 aromatic rings. The fraction of sp³-hybridized carbons (Fsp3) is 0.267. The number of carbonyl (C=O) groups is 1. The van der Waals surface area contributed by atoms with Crippen LogP contribution in [0.1, 0.15) is 35.8 Å². The van der Waals surface area contributed by atoms with Crippen LogP contribution >= 0.6 is 0 Å². The van der Waals surface area contributed by atoms with Crippen molar-refractivity contribution < 1.29 is 14.6 Å². The molecule has 0 fully saturated rings. The van der Waals surface area contributed by atoms with Gasteiger partial charge in [-0.1, -0.05) is 0 Å². The molecular weight excluding hydrogens is 272 g/mol. The van der Waals surface area contributed by atoms with Crippen LogP contribution in [-0.4, -0.2) is 20.6 Å². The van der Waals surface area contributed by atoms with Crippen molar-refractivity contribution in [3.63, 3.8) is 0 Å². The standard InChI is InChI=1S/C15H16N2O4/c1-9(2)17-7-6-16-13(14(17)18)21-11-4-5-12(15(19)20)10(3)8-11/h4-9H,1-3H3,(H,19,20). The van der Waals surface area contributed by atoms with Crippen LogP contribution in [0, 0.1) is 6.92 Å². The predicted octanol–water partition coefficient (Wildman–Crippen LogP) is 2.62. The molecule has 1 heterocycles. The Balaban J connectivity index is 2.35. The number of aromatic carboxylic acids is 1. The monoisotopic (exact) mass is 288 g/mol. The summed E-state index contributed by atoms with van der Waals surface area (Å²) >= 11 is 0. The van der Waals surface area contributed by atoms with Crippen LogP contribution in [0.3, 0.4) is 0 Å². The first-order chi connectivity index (χ1) is 9.90. The highest BCUT2D eigenvalue weighted by atomic mass is 16.5. The van der Waals surface area contributed by atoms with Gasteiger partial charge in [0.15, 0.2) is 0 Å². The Morgan fingerprint density at radius 3 is 2.67 bits per heavy atom. The van der Waals surface area contributed by atoms with Crippen LogP contribution in [0.25, 0.3) is 0 Å². The van der Waals surface area contributed by atoms with Gasteiger partial charge in [-0.25, -0.2) is 9.78 Å². The molecule has 0 aliphatic carbocycles. The van der Waals surface area contributed by atoms with Crippen LogP contribution in [0.5, 0.6) is 11.6 Å². The first-order valence-corrected chi connectivity index (χ1v) is 6.49. The van der Waals surface area contributed by atoms with Gasteiger partial charge in [0.05, 0.1) is 5.56 Å². The Morgan fingerprint density at radius 1 is 1.38 bits per heavy atom. The van der Waals surface area contributed by atoms with Crippen molar-refractivity contribution in [2.75, 3.05) is 0 Å². The number of ether oxygens (including phenoxy) is 1. The second-order valence-electron chi connectivity index (χ2n) is 4.92. The molecule has 21 heavy (non-hydrogen) atoms. The van der Waals surface area contributed by atoms with E-state index in [4.69, 9.17) is 9.84 Å². The minimum absolute atomic E-state index is 0.000951. The Hall–Kier alpha value is -2.63. The number of aryl methyl sites for hydroxylation is 1. The molecule has 0 amide bonds. The van der Waals surface area contributed by atoms with Gasteiger partial charge in [0.1, 0.15) is 5.75 Å². The van der Waals surface area contributed by atoms with Crippen LogP contribution < -0.4 is 10.3 Å². The summed E-state index contributed by atoms with van der Waals surface area (Å²) in [7, 11) is 0. The van der Waals surface area contributed by atoms with Gasteiger partial charge < -0.3 is 14.4 Å². The highest BCUT2D eigenvalue weighted by Crippen LogP contribution is 2.21. The van der Waals surface area contributed by atoms with Gasteiger partial charge in [0, 0.05) is 18.4 Å². The quantitative estimate of drug-likeness (QED) is 0.935. The van der Waals surface area contributed by atoms with Crippen LogP contribution in [0.15, 0.2) is 35.4 Å². The molecule has 0 saturated heterocycles. The van der Waals surface area contributed by atoms with E-state index in [-0.39, 0.29) is 23.0 Å². The van der Waals surface area contributed by atoms with Crippen molar-refractivity contribution >= 4 is 5.97 Å². The number of benzene rings is 1. The summed E-state index contributed by atoms with van der Waals surface area (Å²) in [4.78, 5) is 27.0. The predicted molar refractivity (Wildman–Crippen MR) is 77.1 cm³/mol. The molecule has 0 aliphatic heterocycles. The zero-order valence-electron chi connectivity index (χ0n) is 12.0. The maximum atomic E-state index is 12.2. The van der Waals surface area contributed by atoms with Gasteiger partial charge in [-0.05, 0) is 44.5 Å². The van der Waals surface area contributed by atoms with Crippen LogP contribution in [0.4, 0.5) is 0 Å². The lowest BCUT2D eigenvalue weighted by molar-refractivity contribution is 0.0696. The fourth-order valence-electron chi connectivity index (χ4n) is 1.93. The molecule has 6 nitrogen and oxygen atoms in total. The second kappa shape index (κ2) is 5.78. The Labute approximate surface area is 121 Å². The molecule has 1 aromatic heterocycles. The summed E-state index contributed by atoms with van der Waals surface area (Å²) in [6, 6.07) is 4.51. The molecule has 0 radical (unpaired) electrons. The molecule has 0 aliphatic rings. The first kappa shape index (κ1) is 14.8. The normalized spacial score (nSPS) is 10.7. The molecule has 1 N–H and O–H groups in total. The summed E-state index contributed by atoms with van der Waals surface area (Å²) in [5.74, 6) is -0.656. The van der Waals surface area contributed by atoms with Crippen LogP contribution in [-0.2, 0) is 0 Å². The number of hydrogen-bond acceptors (Lipinski definition) is 4. The molecule has 0 bridgehead atoms. The van der Waals surface area contributed by atoms with E-state index in [0.717, 1.165) is 0 Å². The summed E-state index contributed by atoms with van der Waals surface area (Å²) in [6.07, 6.45) is 3.09. The maximum absolute atomic E-state index is 12.2. The topological polar surface area (TPSA) is 81.4 Å². The number of nitrogens with zero attached hydrogens (tertiary/aromatic N) is 2. The van der Waals surface area contributed by atoms with E-state index in [1.54, 1.807) is 19.2 Å². The number of carboxylic acid groups (broad SMARTS) is 1. The largest absolute Gasteiger partial charge is 0.478 e. The zero-order valence-corrected chi connectivity index (χ0v) is 12.0. The lowest BCUT2D eigenvalue weighted by Crippen LogP contribution is -2.23. The van der Waals surface area contributed by atoms with E-state index in [1.807, 2.05) is 13.8 Å². The maximum Gasteiger partial charge on any atom is 0.335 e. The third-order valence-corrected chi connectivity index (χ3v) is 3.04. The average molecular weight is 288 g/mol. The SMILES string of the molecule is Cc1cc(Oc2nccn(C(C)C)c2=O)ccc1C(=O)O. The number of rotatable bonds is 4. The van der Waals surface area contributed by atoms with Crippen molar-refractivity contribution in [3.8, 4) is 11.6 Å². The van der Waals surface area contributed by atoms with E-state index in [2.05, 4.69) is 4.98 Å². The van der Waals surface area contributed by atoms with E-state index in [9.17, 15) is 9.59 Å². The van der Waals surface area contributed by atoms with E-state index in [0.29, 0.717) is 11.3 Å². The van der Waals surface area contributed by atoms with Gasteiger partial charge in [-0.3, -0.25) is 4.79 Å². The highest BCUT2D eigenvalue weighted by molar-refractivity contribution is 5.89. The number of aromatic nitrogens is 2. The summed E-state index contributed by atoms with van der Waals surface area (Å²) in [6.45, 7) is 5.44. The third kappa shape index (κ3) is 3.10. The van der Waals surface area contributed by atoms with E-state index < -0.39 is 5.97 Å².